The van der Waals surface area contributed by atoms with Gasteiger partial charge in [0.2, 0.25) is 5.90 Å². The molecule has 2 aliphatic heterocycles. The number of hydrogen-bond acceptors (Lipinski definition) is 4. The minimum absolute atomic E-state index is 0.0492. The fourth-order valence-corrected chi connectivity index (χ4v) is 5.36. The number of rotatable bonds is 8. The van der Waals surface area contributed by atoms with Crippen LogP contribution in [0.15, 0.2) is 77.8 Å². The molecule has 1 aliphatic carbocycles. The third kappa shape index (κ3) is 3.91. The molecule has 0 fully saturated rings. The summed E-state index contributed by atoms with van der Waals surface area (Å²) in [7, 11) is 0. The Bertz CT molecular complexity index is 1290. The number of unbranched alkanes of at least 4 members (excludes halogenated alkanes) is 2. The Balaban J connectivity index is 1.38. The zero-order valence-electron chi connectivity index (χ0n) is 20.5. The molecule has 0 bridgehead atoms. The van der Waals surface area contributed by atoms with Gasteiger partial charge in [0, 0.05) is 41.5 Å². The highest BCUT2D eigenvalue weighted by Crippen LogP contribution is 2.52. The molecule has 0 N–H and O–H groups in total. The number of anilines is 1. The number of hydrogen-bond donors (Lipinski definition) is 0. The Morgan fingerprint density at radius 3 is 2.43 bits per heavy atom. The second-order valence-corrected chi connectivity index (χ2v) is 9.60. The molecule has 2 heterocycles. The van der Waals surface area contributed by atoms with Gasteiger partial charge in [-0.1, -0.05) is 57.0 Å². The molecule has 3 aromatic carbocycles. The monoisotopic (exact) mass is 464 g/mol. The van der Waals surface area contributed by atoms with E-state index in [9.17, 15) is 0 Å². The van der Waals surface area contributed by atoms with E-state index in [0.29, 0.717) is 5.90 Å². The van der Waals surface area contributed by atoms with Crippen molar-refractivity contribution in [3.8, 4) is 11.5 Å². The lowest BCUT2D eigenvalue weighted by Crippen LogP contribution is -2.26. The Morgan fingerprint density at radius 2 is 1.66 bits per heavy atom. The van der Waals surface area contributed by atoms with Gasteiger partial charge in [0.05, 0.1) is 0 Å². The predicted molar refractivity (Wildman–Crippen MR) is 143 cm³/mol. The average Bonchev–Trinajstić information content (AvgIpc) is 3.34. The predicted octanol–water partition coefficient (Wildman–Crippen LogP) is 7.53. The Labute approximate surface area is 207 Å². The molecule has 3 aliphatic rings. The minimum atomic E-state index is -0.112. The topological polar surface area (TPSA) is 34.1 Å². The molecule has 6 rings (SSSR count). The maximum Gasteiger partial charge on any atom is 0.217 e. The Kier molecular flexibility index (Phi) is 5.81. The number of fused-ring (bicyclic) bond motifs is 4. The first kappa shape index (κ1) is 22.0. The maximum absolute atomic E-state index is 6.53. The van der Waals surface area contributed by atoms with Gasteiger partial charge in [0.1, 0.15) is 23.6 Å². The molecule has 0 radical (unpaired) electrons. The molecule has 0 aromatic heterocycles. The van der Waals surface area contributed by atoms with E-state index >= 15 is 0 Å². The van der Waals surface area contributed by atoms with Gasteiger partial charge in [0.15, 0.2) is 0 Å². The Hall–Kier alpha value is -3.53. The summed E-state index contributed by atoms with van der Waals surface area (Å²) in [6.45, 7) is 6.67. The standard InChI is InChI=1S/C31H32N2O2/c1-3-5-17-33(18-6-4-2)22-15-16-23-25-20-28-30(32-31(35-28)21-11-8-7-9-12-21)24-13-10-14-26(29(24)25)34-27(23)19-22/h7-16,19-20,28,30H,3-6,17-18H2,1-2H3. The molecule has 0 saturated carbocycles. The van der Waals surface area contributed by atoms with Crippen molar-refractivity contribution in [3.05, 3.63) is 95.1 Å². The van der Waals surface area contributed by atoms with Gasteiger partial charge in [-0.2, -0.15) is 0 Å². The van der Waals surface area contributed by atoms with Gasteiger partial charge in [-0.25, -0.2) is 4.99 Å². The van der Waals surface area contributed by atoms with Gasteiger partial charge in [0.25, 0.3) is 0 Å². The number of aliphatic imine (C=N–C) groups is 1. The Morgan fingerprint density at radius 1 is 0.857 bits per heavy atom. The first-order valence-corrected chi connectivity index (χ1v) is 13.0. The van der Waals surface area contributed by atoms with Crippen LogP contribution in [0, 0.1) is 0 Å². The average molecular weight is 465 g/mol. The van der Waals surface area contributed by atoms with Crippen LogP contribution >= 0.6 is 0 Å². The maximum atomic E-state index is 6.53. The van der Waals surface area contributed by atoms with Crippen LogP contribution in [0.5, 0.6) is 11.5 Å². The molecule has 3 aromatic rings. The van der Waals surface area contributed by atoms with Crippen molar-refractivity contribution in [2.24, 2.45) is 4.99 Å². The van der Waals surface area contributed by atoms with E-state index < -0.39 is 0 Å². The third-order valence-electron chi connectivity index (χ3n) is 7.22. The van der Waals surface area contributed by atoms with Crippen LogP contribution in [-0.4, -0.2) is 25.1 Å². The zero-order chi connectivity index (χ0) is 23.8. The fourth-order valence-electron chi connectivity index (χ4n) is 5.36. The van der Waals surface area contributed by atoms with Gasteiger partial charge in [-0.15, -0.1) is 0 Å². The summed E-state index contributed by atoms with van der Waals surface area (Å²) < 4.78 is 12.9. The van der Waals surface area contributed by atoms with E-state index in [1.54, 1.807) is 0 Å². The highest BCUT2D eigenvalue weighted by Gasteiger charge is 2.40. The summed E-state index contributed by atoms with van der Waals surface area (Å²) in [5, 5.41) is 0. The smallest absolute Gasteiger partial charge is 0.217 e. The van der Waals surface area contributed by atoms with Gasteiger partial charge in [-0.3, -0.25) is 0 Å². The molecule has 178 valence electrons. The highest BCUT2D eigenvalue weighted by atomic mass is 16.5. The van der Waals surface area contributed by atoms with Crippen molar-refractivity contribution >= 4 is 17.2 Å². The van der Waals surface area contributed by atoms with E-state index in [1.165, 1.54) is 42.5 Å². The van der Waals surface area contributed by atoms with Crippen molar-refractivity contribution < 1.29 is 9.47 Å². The SMILES string of the molecule is CCCCN(CCCC)c1ccc2c(c1)Oc1cccc3c1C2=CC1OC(c2ccccc2)=NC31. The lowest BCUT2D eigenvalue weighted by molar-refractivity contribution is 0.241. The lowest BCUT2D eigenvalue weighted by Gasteiger charge is -2.32. The van der Waals surface area contributed by atoms with E-state index in [0.717, 1.165) is 41.3 Å². The molecule has 0 saturated heterocycles. The molecular formula is C31H32N2O2. The lowest BCUT2D eigenvalue weighted by atomic mass is 9.81. The second kappa shape index (κ2) is 9.26. The van der Waals surface area contributed by atoms with E-state index in [2.05, 4.69) is 73.4 Å². The van der Waals surface area contributed by atoms with E-state index in [-0.39, 0.29) is 12.1 Å². The molecule has 0 spiro atoms. The summed E-state index contributed by atoms with van der Waals surface area (Å²) in [5.74, 6) is 2.55. The quantitative estimate of drug-likeness (QED) is 0.270. The zero-order valence-corrected chi connectivity index (χ0v) is 20.5. The summed E-state index contributed by atoms with van der Waals surface area (Å²) in [4.78, 5) is 7.50. The van der Waals surface area contributed by atoms with E-state index in [4.69, 9.17) is 14.5 Å². The van der Waals surface area contributed by atoms with Crippen molar-refractivity contribution in [1.29, 1.82) is 0 Å². The molecule has 4 nitrogen and oxygen atoms in total. The highest BCUT2D eigenvalue weighted by molar-refractivity contribution is 5.98. The number of ether oxygens (including phenoxy) is 2. The van der Waals surface area contributed by atoms with Gasteiger partial charge < -0.3 is 14.4 Å². The van der Waals surface area contributed by atoms with Crippen LogP contribution < -0.4 is 9.64 Å². The van der Waals surface area contributed by atoms with Crippen LogP contribution in [0.2, 0.25) is 0 Å². The van der Waals surface area contributed by atoms with Crippen LogP contribution in [0.3, 0.4) is 0 Å². The molecule has 4 heteroatoms. The molecular weight excluding hydrogens is 432 g/mol. The molecule has 2 unspecified atom stereocenters. The second-order valence-electron chi connectivity index (χ2n) is 9.60. The van der Waals surface area contributed by atoms with Crippen molar-refractivity contribution in [2.45, 2.75) is 51.7 Å². The molecule has 35 heavy (non-hydrogen) atoms. The van der Waals surface area contributed by atoms with Gasteiger partial charge in [-0.05, 0) is 60.4 Å². The summed E-state index contributed by atoms with van der Waals surface area (Å²) in [6.07, 6.45) is 6.93. The largest absolute Gasteiger partial charge is 0.467 e. The first-order valence-electron chi connectivity index (χ1n) is 13.0. The normalized spacial score (nSPS) is 18.9. The van der Waals surface area contributed by atoms with E-state index in [1.807, 2.05) is 18.2 Å². The van der Waals surface area contributed by atoms with Crippen LogP contribution in [0.1, 0.15) is 67.8 Å². The van der Waals surface area contributed by atoms with Crippen molar-refractivity contribution in [1.82, 2.24) is 0 Å². The number of benzene rings is 3. The third-order valence-corrected chi connectivity index (χ3v) is 7.22. The van der Waals surface area contributed by atoms with Crippen molar-refractivity contribution in [3.63, 3.8) is 0 Å². The minimum Gasteiger partial charge on any atom is -0.467 e. The molecule has 2 atom stereocenters. The summed E-state index contributed by atoms with van der Waals surface area (Å²) >= 11 is 0. The van der Waals surface area contributed by atoms with Gasteiger partial charge >= 0.3 is 0 Å². The van der Waals surface area contributed by atoms with Crippen molar-refractivity contribution in [2.75, 3.05) is 18.0 Å². The van der Waals surface area contributed by atoms with Crippen LogP contribution in [-0.2, 0) is 4.74 Å². The summed E-state index contributed by atoms with van der Waals surface area (Å²) in [6, 6.07) is 23.2. The van der Waals surface area contributed by atoms with Crippen LogP contribution in [0.25, 0.3) is 5.57 Å². The number of nitrogens with zero attached hydrogens (tertiary/aromatic N) is 2. The fraction of sp³-hybridized carbons (Fsp3) is 0.323. The summed E-state index contributed by atoms with van der Waals surface area (Å²) in [5.41, 5.74) is 6.93. The van der Waals surface area contributed by atoms with Crippen LogP contribution in [0.4, 0.5) is 5.69 Å². The molecule has 0 amide bonds. The first-order chi connectivity index (χ1) is 17.3.